The van der Waals surface area contributed by atoms with Gasteiger partial charge in [0, 0.05) is 18.0 Å². The smallest absolute Gasteiger partial charge is 0.275 e. The third-order valence-electron chi connectivity index (χ3n) is 4.30. The minimum atomic E-state index is -0.276. The van der Waals surface area contributed by atoms with Crippen LogP contribution >= 0.6 is 0 Å². The maximum absolute atomic E-state index is 12.8. The topological polar surface area (TPSA) is 64.7 Å². The van der Waals surface area contributed by atoms with E-state index in [0.29, 0.717) is 22.5 Å². The van der Waals surface area contributed by atoms with E-state index in [0.717, 1.165) is 5.52 Å². The Hall–Kier alpha value is -3.54. The number of benzene rings is 2. The minimum Gasteiger partial charge on any atom is -0.497 e. The molecule has 0 atom stereocenters. The number of carbonyl (C=O) groups excluding carboxylic acids is 1. The summed E-state index contributed by atoms with van der Waals surface area (Å²) in [6.45, 7) is -0.0712. The Morgan fingerprint density at radius 3 is 2.58 bits per heavy atom. The van der Waals surface area contributed by atoms with Crippen molar-refractivity contribution in [2.45, 2.75) is 6.54 Å². The fourth-order valence-electron chi connectivity index (χ4n) is 3.11. The number of methoxy groups -OCH3 is 1. The van der Waals surface area contributed by atoms with Crippen molar-refractivity contribution >= 4 is 28.1 Å². The third kappa shape index (κ3) is 2.71. The number of ether oxygens (including phenoxy) is 1. The van der Waals surface area contributed by atoms with Gasteiger partial charge in [-0.15, -0.1) is 0 Å². The van der Waals surface area contributed by atoms with Gasteiger partial charge in [-0.2, -0.15) is 0 Å². The van der Waals surface area contributed by atoms with Crippen molar-refractivity contribution < 1.29 is 9.53 Å². The number of para-hydroxylation sites is 2. The van der Waals surface area contributed by atoms with E-state index >= 15 is 0 Å². The molecule has 4 aromatic rings. The molecule has 0 bridgehead atoms. The zero-order valence-electron chi connectivity index (χ0n) is 14.2. The van der Waals surface area contributed by atoms with Gasteiger partial charge in [-0.25, -0.2) is 0 Å². The normalized spacial score (nSPS) is 11.0. The van der Waals surface area contributed by atoms with E-state index in [9.17, 15) is 9.59 Å². The van der Waals surface area contributed by atoms with Crippen LogP contribution in [0, 0.1) is 0 Å². The van der Waals surface area contributed by atoms with E-state index in [2.05, 4.69) is 5.32 Å². The quantitative estimate of drug-likeness (QED) is 0.617. The first-order valence-electron chi connectivity index (χ1n) is 8.20. The number of hydrogen-bond acceptors (Lipinski definition) is 3. The molecule has 0 unspecified atom stereocenters. The van der Waals surface area contributed by atoms with Crippen LogP contribution < -0.4 is 15.6 Å². The number of rotatable bonds is 4. The molecule has 6 nitrogen and oxygen atoms in total. The van der Waals surface area contributed by atoms with Crippen molar-refractivity contribution in [3.63, 3.8) is 0 Å². The zero-order valence-corrected chi connectivity index (χ0v) is 14.2. The lowest BCUT2D eigenvalue weighted by molar-refractivity contribution is -0.116. The number of fused-ring (bicyclic) bond motifs is 3. The highest BCUT2D eigenvalue weighted by atomic mass is 16.5. The lowest BCUT2D eigenvalue weighted by atomic mass is 10.2. The van der Waals surface area contributed by atoms with Crippen molar-refractivity contribution in [2.75, 3.05) is 12.4 Å². The van der Waals surface area contributed by atoms with Crippen LogP contribution in [0.5, 0.6) is 5.75 Å². The van der Waals surface area contributed by atoms with E-state index in [1.807, 2.05) is 40.9 Å². The highest BCUT2D eigenvalue weighted by molar-refractivity contribution is 5.92. The third-order valence-corrected chi connectivity index (χ3v) is 4.30. The molecule has 130 valence electrons. The predicted molar refractivity (Wildman–Crippen MR) is 101 cm³/mol. The molecule has 2 aromatic carbocycles. The van der Waals surface area contributed by atoms with Gasteiger partial charge >= 0.3 is 0 Å². The largest absolute Gasteiger partial charge is 0.497 e. The van der Waals surface area contributed by atoms with Gasteiger partial charge in [0.15, 0.2) is 0 Å². The summed E-state index contributed by atoms with van der Waals surface area (Å²) in [4.78, 5) is 25.4. The maximum atomic E-state index is 12.8. The van der Waals surface area contributed by atoms with Crippen LogP contribution in [0.4, 0.5) is 5.69 Å². The molecule has 0 saturated heterocycles. The first-order chi connectivity index (χ1) is 12.7. The van der Waals surface area contributed by atoms with E-state index in [-0.39, 0.29) is 18.0 Å². The molecule has 1 N–H and O–H groups in total. The van der Waals surface area contributed by atoms with Crippen molar-refractivity contribution in [1.29, 1.82) is 0 Å². The maximum Gasteiger partial charge on any atom is 0.275 e. The first kappa shape index (κ1) is 16.0. The van der Waals surface area contributed by atoms with Crippen LogP contribution in [0.1, 0.15) is 0 Å². The summed E-state index contributed by atoms with van der Waals surface area (Å²) in [5.74, 6) is 0.376. The molecule has 0 radical (unpaired) electrons. The summed E-state index contributed by atoms with van der Waals surface area (Å²) < 4.78 is 8.50. The van der Waals surface area contributed by atoms with Crippen LogP contribution in [-0.4, -0.2) is 22.0 Å². The number of aromatic nitrogens is 2. The Balaban J connectivity index is 1.73. The van der Waals surface area contributed by atoms with Gasteiger partial charge in [-0.1, -0.05) is 18.2 Å². The Labute approximate surface area is 149 Å². The van der Waals surface area contributed by atoms with Crippen molar-refractivity contribution in [2.24, 2.45) is 0 Å². The first-order valence-corrected chi connectivity index (χ1v) is 8.20. The summed E-state index contributed by atoms with van der Waals surface area (Å²) in [6, 6.07) is 18.2. The van der Waals surface area contributed by atoms with E-state index in [1.165, 1.54) is 4.57 Å². The molecular weight excluding hydrogens is 330 g/mol. The minimum absolute atomic E-state index is 0.0712. The molecular formula is C20H17N3O3. The van der Waals surface area contributed by atoms with E-state index in [1.54, 1.807) is 37.4 Å². The van der Waals surface area contributed by atoms with Crippen molar-refractivity contribution in [3.05, 3.63) is 77.2 Å². The Morgan fingerprint density at radius 1 is 1.00 bits per heavy atom. The Bertz CT molecular complexity index is 1170. The van der Waals surface area contributed by atoms with Gasteiger partial charge in [-0.3, -0.25) is 14.2 Å². The molecule has 0 aliphatic carbocycles. The average molecular weight is 347 g/mol. The van der Waals surface area contributed by atoms with Crippen molar-refractivity contribution in [1.82, 2.24) is 8.97 Å². The highest BCUT2D eigenvalue weighted by Gasteiger charge is 2.13. The molecule has 2 heterocycles. The number of anilines is 1. The van der Waals surface area contributed by atoms with Gasteiger partial charge in [0.1, 0.15) is 17.8 Å². The van der Waals surface area contributed by atoms with Gasteiger partial charge in [0.05, 0.1) is 18.1 Å². The Kier molecular flexibility index (Phi) is 3.93. The standard InChI is InChI=1S/C20H17N3O3/c1-26-15-7-4-6-14(12-15)21-19(24)13-23-17-9-3-2-8-16(17)22-11-5-10-18(22)20(23)25/h2-12H,13H2,1H3,(H,21,24). The monoisotopic (exact) mass is 347 g/mol. The molecule has 0 saturated carbocycles. The molecule has 0 fully saturated rings. The van der Waals surface area contributed by atoms with Gasteiger partial charge < -0.3 is 14.5 Å². The second-order valence-corrected chi connectivity index (χ2v) is 5.92. The highest BCUT2D eigenvalue weighted by Crippen LogP contribution is 2.18. The SMILES string of the molecule is COc1cccc(NC(=O)Cn2c(=O)c3cccn3c3ccccc32)c1. The summed E-state index contributed by atoms with van der Waals surface area (Å²) in [5.41, 5.74) is 2.55. The number of carbonyl (C=O) groups is 1. The van der Waals surface area contributed by atoms with Crippen LogP contribution in [0.15, 0.2) is 71.7 Å². The fourth-order valence-corrected chi connectivity index (χ4v) is 3.11. The number of nitrogens with zero attached hydrogens (tertiary/aromatic N) is 2. The number of nitrogens with one attached hydrogen (secondary N) is 1. The molecule has 26 heavy (non-hydrogen) atoms. The molecule has 4 rings (SSSR count). The van der Waals surface area contributed by atoms with Gasteiger partial charge in [0.2, 0.25) is 5.91 Å². The predicted octanol–water partition coefficient (Wildman–Crippen LogP) is 2.90. The molecule has 6 heteroatoms. The molecule has 0 aliphatic heterocycles. The number of amides is 1. The lowest BCUT2D eigenvalue weighted by Crippen LogP contribution is -2.29. The van der Waals surface area contributed by atoms with Crippen molar-refractivity contribution in [3.8, 4) is 5.75 Å². The van der Waals surface area contributed by atoms with Crippen LogP contribution in [-0.2, 0) is 11.3 Å². The fraction of sp³-hybridized carbons (Fsp3) is 0.100. The van der Waals surface area contributed by atoms with Crippen LogP contribution in [0.2, 0.25) is 0 Å². The Morgan fingerprint density at radius 2 is 1.77 bits per heavy atom. The zero-order chi connectivity index (χ0) is 18.1. The summed E-state index contributed by atoms with van der Waals surface area (Å²) in [6.07, 6.45) is 1.85. The average Bonchev–Trinajstić information content (AvgIpc) is 3.15. The van der Waals surface area contributed by atoms with E-state index < -0.39 is 0 Å². The number of hydrogen-bond donors (Lipinski definition) is 1. The van der Waals surface area contributed by atoms with Crippen LogP contribution in [0.3, 0.4) is 0 Å². The summed E-state index contributed by atoms with van der Waals surface area (Å²) >= 11 is 0. The summed E-state index contributed by atoms with van der Waals surface area (Å²) in [5, 5.41) is 2.81. The molecule has 0 spiro atoms. The second kappa shape index (κ2) is 6.40. The second-order valence-electron chi connectivity index (χ2n) is 5.92. The van der Waals surface area contributed by atoms with Crippen LogP contribution in [0.25, 0.3) is 16.6 Å². The van der Waals surface area contributed by atoms with Gasteiger partial charge in [-0.05, 0) is 36.4 Å². The molecule has 2 aromatic heterocycles. The van der Waals surface area contributed by atoms with E-state index in [4.69, 9.17) is 4.74 Å². The lowest BCUT2D eigenvalue weighted by Gasteiger charge is -2.13. The molecule has 0 aliphatic rings. The molecule has 1 amide bonds. The summed E-state index contributed by atoms with van der Waals surface area (Å²) in [7, 11) is 1.57. The van der Waals surface area contributed by atoms with Gasteiger partial charge in [0.25, 0.3) is 5.56 Å².